The van der Waals surface area contributed by atoms with Crippen molar-refractivity contribution in [3.05, 3.63) is 58.5 Å². The molecule has 1 amide bonds. The zero-order valence-corrected chi connectivity index (χ0v) is 19.3. The van der Waals surface area contributed by atoms with Crippen LogP contribution in [0.25, 0.3) is 10.9 Å². The van der Waals surface area contributed by atoms with Crippen molar-refractivity contribution < 1.29 is 23.8 Å². The number of hydrogen-bond acceptors (Lipinski definition) is 6. The Morgan fingerprint density at radius 2 is 2.12 bits per heavy atom. The number of thiocarbonyl (C=S) groups is 1. The van der Waals surface area contributed by atoms with Crippen LogP contribution in [0.2, 0.25) is 5.02 Å². The molecule has 7 nitrogen and oxygen atoms in total. The molecule has 1 aromatic heterocycles. The first kappa shape index (κ1) is 23.2. The Bertz CT molecular complexity index is 1260. The van der Waals surface area contributed by atoms with E-state index in [9.17, 15) is 9.90 Å². The molecule has 1 fully saturated rings. The van der Waals surface area contributed by atoms with E-state index >= 15 is 4.39 Å². The first-order valence-electron chi connectivity index (χ1n) is 10.2. The Balaban J connectivity index is 1.63. The highest BCUT2D eigenvalue weighted by atomic mass is 35.5. The zero-order chi connectivity index (χ0) is 23.7. The van der Waals surface area contributed by atoms with Crippen LogP contribution in [0.4, 0.5) is 4.39 Å². The summed E-state index contributed by atoms with van der Waals surface area (Å²) < 4.78 is 26.1. The molecule has 1 unspecified atom stereocenters. The van der Waals surface area contributed by atoms with Crippen molar-refractivity contribution in [1.29, 1.82) is 0 Å². The van der Waals surface area contributed by atoms with Crippen molar-refractivity contribution >= 4 is 45.6 Å². The van der Waals surface area contributed by atoms with Crippen molar-refractivity contribution in [1.82, 2.24) is 9.88 Å². The highest BCUT2D eigenvalue weighted by Crippen LogP contribution is 2.36. The third-order valence-electron chi connectivity index (χ3n) is 5.49. The molecule has 2 heterocycles. The number of primary amides is 1. The van der Waals surface area contributed by atoms with E-state index in [1.54, 1.807) is 18.2 Å². The molecule has 2 aromatic carbocycles. The first-order valence-corrected chi connectivity index (χ1v) is 10.9. The van der Waals surface area contributed by atoms with Crippen LogP contribution >= 0.6 is 23.8 Å². The molecule has 1 aliphatic heterocycles. The summed E-state index contributed by atoms with van der Waals surface area (Å²) in [6, 6.07) is 7.73. The Hall–Kier alpha value is -3.01. The minimum absolute atomic E-state index is 0.0878. The molecular formula is C23H21ClFN3O4S. The highest BCUT2D eigenvalue weighted by Gasteiger charge is 2.24. The number of aliphatic hydroxyl groups excluding tert-OH is 1. The Labute approximate surface area is 199 Å². The Morgan fingerprint density at radius 1 is 1.33 bits per heavy atom. The van der Waals surface area contributed by atoms with Crippen LogP contribution in [0.15, 0.2) is 36.5 Å². The standard InChI is InChI=1S/C23H21ClFN3O4S/c1-31-19-10-16-14(9-15(19)23(26)30)17(4-6-27-16)32-18-3-2-12(21(24)22(18)25)8-20(33)28-7-5-13(29)11-28/h2-4,6,9-10,13,29H,5,7-8,11H2,1H3,(H2,26,30). The average molecular weight is 490 g/mol. The summed E-state index contributed by atoms with van der Waals surface area (Å²) in [5.41, 5.74) is 6.61. The number of nitrogens with zero attached hydrogens (tertiary/aromatic N) is 2. The molecular weight excluding hydrogens is 469 g/mol. The molecule has 0 spiro atoms. The molecule has 0 saturated carbocycles. The predicted octanol–water partition coefficient (Wildman–Crippen LogP) is 3.86. The van der Waals surface area contributed by atoms with Gasteiger partial charge in [-0.25, -0.2) is 4.39 Å². The summed E-state index contributed by atoms with van der Waals surface area (Å²) in [7, 11) is 1.42. The Morgan fingerprint density at radius 3 is 2.79 bits per heavy atom. The van der Waals surface area contributed by atoms with E-state index in [4.69, 9.17) is 39.0 Å². The molecule has 0 bridgehead atoms. The number of pyridine rings is 1. The highest BCUT2D eigenvalue weighted by molar-refractivity contribution is 7.80. The summed E-state index contributed by atoms with van der Waals surface area (Å²) in [6.07, 6.45) is 2.02. The smallest absolute Gasteiger partial charge is 0.252 e. The second-order valence-corrected chi connectivity index (χ2v) is 8.50. The number of carbonyl (C=O) groups is 1. The van der Waals surface area contributed by atoms with E-state index in [1.165, 1.54) is 25.4 Å². The lowest BCUT2D eigenvalue weighted by Crippen LogP contribution is -2.29. The van der Waals surface area contributed by atoms with Gasteiger partial charge in [0.1, 0.15) is 11.5 Å². The number of likely N-dealkylation sites (tertiary alicyclic amines) is 1. The third-order valence-corrected chi connectivity index (χ3v) is 6.30. The van der Waals surface area contributed by atoms with Gasteiger partial charge in [-0.3, -0.25) is 9.78 Å². The molecule has 3 N–H and O–H groups in total. The van der Waals surface area contributed by atoms with Gasteiger partial charge in [-0.2, -0.15) is 0 Å². The zero-order valence-electron chi connectivity index (χ0n) is 17.7. The monoisotopic (exact) mass is 489 g/mol. The summed E-state index contributed by atoms with van der Waals surface area (Å²) in [5.74, 6) is -0.944. The van der Waals surface area contributed by atoms with Crippen molar-refractivity contribution in [3.8, 4) is 17.2 Å². The van der Waals surface area contributed by atoms with E-state index in [0.717, 1.165) is 0 Å². The van der Waals surface area contributed by atoms with Crippen LogP contribution in [0.3, 0.4) is 0 Å². The van der Waals surface area contributed by atoms with Crippen LogP contribution in [-0.4, -0.2) is 52.2 Å². The molecule has 3 aromatic rings. The van der Waals surface area contributed by atoms with Crippen molar-refractivity contribution in [2.45, 2.75) is 18.9 Å². The van der Waals surface area contributed by atoms with Gasteiger partial charge in [0.05, 0.1) is 34.3 Å². The predicted molar refractivity (Wildman–Crippen MR) is 127 cm³/mol. The second-order valence-electron chi connectivity index (χ2n) is 7.65. The molecule has 1 atom stereocenters. The fourth-order valence-corrected chi connectivity index (χ4v) is 4.29. The number of carbonyl (C=O) groups excluding carboxylic acids is 1. The summed E-state index contributed by atoms with van der Waals surface area (Å²) in [5, 5.41) is 10.1. The van der Waals surface area contributed by atoms with Gasteiger partial charge in [-0.1, -0.05) is 29.9 Å². The number of rotatable bonds is 6. The molecule has 33 heavy (non-hydrogen) atoms. The Kier molecular flexibility index (Phi) is 6.64. The van der Waals surface area contributed by atoms with E-state index in [2.05, 4.69) is 4.98 Å². The minimum Gasteiger partial charge on any atom is -0.496 e. The second kappa shape index (κ2) is 9.46. The van der Waals surface area contributed by atoms with Gasteiger partial charge < -0.3 is 25.2 Å². The number of benzene rings is 2. The van der Waals surface area contributed by atoms with Crippen LogP contribution in [-0.2, 0) is 6.42 Å². The molecule has 1 saturated heterocycles. The van der Waals surface area contributed by atoms with Gasteiger partial charge in [-0.15, -0.1) is 0 Å². The number of aliphatic hydroxyl groups is 1. The summed E-state index contributed by atoms with van der Waals surface area (Å²) >= 11 is 11.7. The minimum atomic E-state index is -0.730. The SMILES string of the molecule is COc1cc2nccc(Oc3ccc(CC(=S)N4CCC(O)C4)c(Cl)c3F)c2cc1C(N)=O. The van der Waals surface area contributed by atoms with Crippen LogP contribution in [0.1, 0.15) is 22.3 Å². The topological polar surface area (TPSA) is 97.9 Å². The largest absolute Gasteiger partial charge is 0.496 e. The quantitative estimate of drug-likeness (QED) is 0.507. The number of halogens is 2. The molecule has 10 heteroatoms. The van der Waals surface area contributed by atoms with Crippen LogP contribution in [0, 0.1) is 5.82 Å². The van der Waals surface area contributed by atoms with Crippen LogP contribution in [0.5, 0.6) is 17.2 Å². The number of nitrogens with two attached hydrogens (primary N) is 1. The van der Waals surface area contributed by atoms with Gasteiger partial charge in [0, 0.05) is 37.2 Å². The first-order chi connectivity index (χ1) is 15.8. The molecule has 172 valence electrons. The molecule has 4 rings (SSSR count). The average Bonchev–Trinajstić information content (AvgIpc) is 3.24. The van der Waals surface area contributed by atoms with Gasteiger partial charge in [0.15, 0.2) is 11.6 Å². The van der Waals surface area contributed by atoms with E-state index in [0.29, 0.717) is 41.0 Å². The van der Waals surface area contributed by atoms with Gasteiger partial charge in [-0.05, 0) is 30.2 Å². The van der Waals surface area contributed by atoms with Crippen molar-refractivity contribution in [3.63, 3.8) is 0 Å². The number of methoxy groups -OCH3 is 1. The number of aromatic nitrogens is 1. The van der Waals surface area contributed by atoms with Gasteiger partial charge in [0.25, 0.3) is 5.91 Å². The maximum Gasteiger partial charge on any atom is 0.252 e. The summed E-state index contributed by atoms with van der Waals surface area (Å²) in [6.45, 7) is 1.13. The lowest BCUT2D eigenvalue weighted by atomic mass is 10.1. The molecule has 1 aliphatic rings. The van der Waals surface area contributed by atoms with Crippen LogP contribution < -0.4 is 15.2 Å². The number of fused-ring (bicyclic) bond motifs is 1. The third kappa shape index (κ3) is 4.71. The van der Waals surface area contributed by atoms with Crippen molar-refractivity contribution in [2.75, 3.05) is 20.2 Å². The van der Waals surface area contributed by atoms with E-state index in [1.807, 2.05) is 4.90 Å². The van der Waals surface area contributed by atoms with E-state index in [-0.39, 0.29) is 34.3 Å². The lowest BCUT2D eigenvalue weighted by molar-refractivity contribution is 0.0997. The lowest BCUT2D eigenvalue weighted by Gasteiger charge is -2.19. The fraction of sp³-hybridized carbons (Fsp3) is 0.261. The fourth-order valence-electron chi connectivity index (χ4n) is 3.75. The maximum atomic E-state index is 15.1. The number of ether oxygens (including phenoxy) is 2. The number of hydrogen-bond donors (Lipinski definition) is 2. The number of β-amino-alcohol motifs (C(OH)–C–C–N with tert-alkyl or cyclic N) is 1. The summed E-state index contributed by atoms with van der Waals surface area (Å²) in [4.78, 5) is 18.5. The molecule has 0 radical (unpaired) electrons. The maximum absolute atomic E-state index is 15.1. The van der Waals surface area contributed by atoms with Crippen molar-refractivity contribution in [2.24, 2.45) is 5.73 Å². The molecule has 0 aliphatic carbocycles. The van der Waals surface area contributed by atoms with Gasteiger partial charge in [0.2, 0.25) is 0 Å². The normalized spacial score (nSPS) is 15.6. The van der Waals surface area contributed by atoms with Gasteiger partial charge >= 0.3 is 0 Å². The number of amides is 1. The van der Waals surface area contributed by atoms with E-state index < -0.39 is 17.8 Å².